The van der Waals surface area contributed by atoms with Crippen LogP contribution in [0.4, 0.5) is 0 Å². The van der Waals surface area contributed by atoms with Crippen LogP contribution in [0.2, 0.25) is 0 Å². The van der Waals surface area contributed by atoms with Crippen molar-refractivity contribution in [3.05, 3.63) is 50.9 Å². The first kappa shape index (κ1) is 11.6. The van der Waals surface area contributed by atoms with Crippen LogP contribution < -0.4 is 5.56 Å². The Balaban J connectivity index is 2.36. The molecule has 19 heavy (non-hydrogen) atoms. The number of aryl methyl sites for hydroxylation is 1. The van der Waals surface area contributed by atoms with Crippen LogP contribution in [0.3, 0.4) is 0 Å². The number of hydrogen-bond acceptors (Lipinski definition) is 4. The number of hydrogen-bond donors (Lipinski definition) is 1. The first-order valence-electron chi connectivity index (χ1n) is 5.91. The Labute approximate surface area is 109 Å². The molecule has 0 spiro atoms. The molecule has 0 aliphatic heterocycles. The van der Waals surface area contributed by atoms with E-state index in [9.17, 15) is 9.59 Å². The average molecular weight is 256 g/mol. The second-order valence-electron chi connectivity index (χ2n) is 4.54. The van der Waals surface area contributed by atoms with Crippen LogP contribution in [0.15, 0.2) is 23.1 Å². The van der Waals surface area contributed by atoms with Crippen LogP contribution in [0.1, 0.15) is 27.0 Å². The van der Waals surface area contributed by atoms with Crippen LogP contribution in [0.5, 0.6) is 0 Å². The van der Waals surface area contributed by atoms with Crippen molar-refractivity contribution < 1.29 is 9.53 Å². The van der Waals surface area contributed by atoms with Gasteiger partial charge in [-0.2, -0.15) is 5.10 Å². The lowest BCUT2D eigenvalue weighted by Gasteiger charge is -2.09. The number of carbonyl (C=O) groups is 1. The third-order valence-corrected chi connectivity index (χ3v) is 3.53. The van der Waals surface area contributed by atoms with Gasteiger partial charge < -0.3 is 4.74 Å². The molecule has 0 bridgehead atoms. The van der Waals surface area contributed by atoms with E-state index in [1.54, 1.807) is 12.3 Å². The van der Waals surface area contributed by atoms with E-state index in [1.165, 1.54) is 7.11 Å². The van der Waals surface area contributed by atoms with E-state index < -0.39 is 5.97 Å². The summed E-state index contributed by atoms with van der Waals surface area (Å²) in [6, 6.07) is 3.61. The van der Waals surface area contributed by atoms with E-state index in [2.05, 4.69) is 10.2 Å². The van der Waals surface area contributed by atoms with Gasteiger partial charge in [-0.05, 0) is 24.1 Å². The standard InChI is InChI=1S/C14H12N2O3/c1-7-3-4-8(14(18)19-2)12-9(7)5-10-11(12)6-15-16-13(10)17/h3-4,6H,5H2,1-2H3,(H,16,17). The Hall–Kier alpha value is -2.43. The second-order valence-corrected chi connectivity index (χ2v) is 4.54. The molecule has 0 radical (unpaired) electrons. The number of rotatable bonds is 1. The molecule has 5 heteroatoms. The Bertz CT molecular complexity index is 747. The molecule has 0 saturated heterocycles. The molecule has 1 aromatic carbocycles. The lowest BCUT2D eigenvalue weighted by atomic mass is 9.97. The van der Waals surface area contributed by atoms with Gasteiger partial charge in [-0.3, -0.25) is 4.79 Å². The molecule has 1 aliphatic rings. The zero-order valence-electron chi connectivity index (χ0n) is 10.6. The van der Waals surface area contributed by atoms with Gasteiger partial charge in [0.1, 0.15) is 0 Å². The molecule has 1 aromatic heterocycles. The Morgan fingerprint density at radius 3 is 2.89 bits per heavy atom. The van der Waals surface area contributed by atoms with Gasteiger partial charge in [0.15, 0.2) is 0 Å². The summed E-state index contributed by atoms with van der Waals surface area (Å²) in [5, 5.41) is 6.25. The Kier molecular flexibility index (Phi) is 2.48. The van der Waals surface area contributed by atoms with Crippen LogP contribution in [0.25, 0.3) is 11.1 Å². The van der Waals surface area contributed by atoms with E-state index in [0.29, 0.717) is 17.5 Å². The summed E-state index contributed by atoms with van der Waals surface area (Å²) < 4.78 is 4.80. The third kappa shape index (κ3) is 1.58. The second kappa shape index (κ2) is 4.05. The number of nitrogens with one attached hydrogen (secondary N) is 1. The zero-order valence-corrected chi connectivity index (χ0v) is 10.6. The molecule has 0 atom stereocenters. The molecule has 1 heterocycles. The van der Waals surface area contributed by atoms with Crippen molar-refractivity contribution in [3.63, 3.8) is 0 Å². The predicted octanol–water partition coefficient (Wildman–Crippen LogP) is 1.44. The molecular weight excluding hydrogens is 244 g/mol. The molecule has 0 fully saturated rings. The number of aromatic nitrogens is 2. The fraction of sp³-hybridized carbons (Fsp3) is 0.214. The summed E-state index contributed by atoms with van der Waals surface area (Å²) in [5.41, 5.74) is 4.49. The molecule has 1 aliphatic carbocycles. The van der Waals surface area contributed by atoms with Crippen molar-refractivity contribution in [2.75, 3.05) is 7.11 Å². The minimum absolute atomic E-state index is 0.205. The highest BCUT2D eigenvalue weighted by atomic mass is 16.5. The maximum atomic E-state index is 11.9. The van der Waals surface area contributed by atoms with E-state index in [1.807, 2.05) is 13.0 Å². The fourth-order valence-corrected chi connectivity index (χ4v) is 2.56. The number of aromatic amines is 1. The van der Waals surface area contributed by atoms with Gasteiger partial charge in [-0.25, -0.2) is 9.89 Å². The molecule has 3 rings (SSSR count). The quantitative estimate of drug-likeness (QED) is 0.669. The number of benzene rings is 1. The number of methoxy groups -OCH3 is 1. The minimum atomic E-state index is -0.399. The average Bonchev–Trinajstić information content (AvgIpc) is 2.81. The highest BCUT2D eigenvalue weighted by molar-refractivity contribution is 6.00. The highest BCUT2D eigenvalue weighted by Crippen LogP contribution is 2.38. The molecular formula is C14H12N2O3. The molecule has 0 unspecified atom stereocenters. The van der Waals surface area contributed by atoms with Gasteiger partial charge in [0.05, 0.1) is 18.9 Å². The number of esters is 1. The maximum absolute atomic E-state index is 11.9. The largest absolute Gasteiger partial charge is 0.465 e. The zero-order chi connectivity index (χ0) is 13.6. The molecule has 5 nitrogen and oxygen atoms in total. The molecule has 1 N–H and O–H groups in total. The number of fused-ring (bicyclic) bond motifs is 3. The lowest BCUT2D eigenvalue weighted by Crippen LogP contribution is -2.12. The van der Waals surface area contributed by atoms with Gasteiger partial charge in [0, 0.05) is 23.1 Å². The third-order valence-electron chi connectivity index (χ3n) is 3.53. The van der Waals surface area contributed by atoms with Gasteiger partial charge in [0.25, 0.3) is 5.56 Å². The normalized spacial score (nSPS) is 11.9. The van der Waals surface area contributed by atoms with Gasteiger partial charge >= 0.3 is 5.97 Å². The van der Waals surface area contributed by atoms with E-state index in [4.69, 9.17) is 4.74 Å². The minimum Gasteiger partial charge on any atom is -0.465 e. The van der Waals surface area contributed by atoms with Gasteiger partial charge in [-0.15, -0.1) is 0 Å². The van der Waals surface area contributed by atoms with E-state index >= 15 is 0 Å². The lowest BCUT2D eigenvalue weighted by molar-refractivity contribution is 0.0601. The smallest absolute Gasteiger partial charge is 0.338 e. The monoisotopic (exact) mass is 256 g/mol. The van der Waals surface area contributed by atoms with Crippen LogP contribution >= 0.6 is 0 Å². The summed E-state index contributed by atoms with van der Waals surface area (Å²) in [6.45, 7) is 1.97. The van der Waals surface area contributed by atoms with Crippen molar-refractivity contribution in [2.45, 2.75) is 13.3 Å². The highest BCUT2D eigenvalue weighted by Gasteiger charge is 2.28. The number of carbonyl (C=O) groups excluding carboxylic acids is 1. The van der Waals surface area contributed by atoms with Crippen LogP contribution in [-0.2, 0) is 11.2 Å². The van der Waals surface area contributed by atoms with Crippen molar-refractivity contribution in [3.8, 4) is 11.1 Å². The van der Waals surface area contributed by atoms with Crippen molar-refractivity contribution in [1.82, 2.24) is 10.2 Å². The van der Waals surface area contributed by atoms with E-state index in [0.717, 1.165) is 22.3 Å². The summed E-state index contributed by atoms with van der Waals surface area (Å²) in [4.78, 5) is 23.7. The summed E-state index contributed by atoms with van der Waals surface area (Å²) in [5.74, 6) is -0.399. The molecule has 0 amide bonds. The Morgan fingerprint density at radius 1 is 1.37 bits per heavy atom. The van der Waals surface area contributed by atoms with Gasteiger partial charge in [0.2, 0.25) is 0 Å². The predicted molar refractivity (Wildman–Crippen MR) is 69.2 cm³/mol. The summed E-state index contributed by atoms with van der Waals surface area (Å²) >= 11 is 0. The van der Waals surface area contributed by atoms with Crippen molar-refractivity contribution >= 4 is 5.97 Å². The topological polar surface area (TPSA) is 72.0 Å². The maximum Gasteiger partial charge on any atom is 0.338 e. The fourth-order valence-electron chi connectivity index (χ4n) is 2.56. The molecule has 2 aromatic rings. The molecule has 96 valence electrons. The first-order valence-corrected chi connectivity index (χ1v) is 5.91. The molecule has 0 saturated carbocycles. The number of ether oxygens (including phenoxy) is 1. The van der Waals surface area contributed by atoms with Crippen molar-refractivity contribution in [1.29, 1.82) is 0 Å². The van der Waals surface area contributed by atoms with E-state index in [-0.39, 0.29) is 5.56 Å². The van der Waals surface area contributed by atoms with Crippen LogP contribution in [0, 0.1) is 6.92 Å². The first-order chi connectivity index (χ1) is 9.13. The van der Waals surface area contributed by atoms with Gasteiger partial charge in [-0.1, -0.05) is 6.07 Å². The van der Waals surface area contributed by atoms with Crippen molar-refractivity contribution in [2.24, 2.45) is 0 Å². The number of nitrogens with zero attached hydrogens (tertiary/aromatic N) is 1. The number of H-pyrrole nitrogens is 1. The summed E-state index contributed by atoms with van der Waals surface area (Å²) in [6.07, 6.45) is 2.12. The Morgan fingerprint density at radius 2 is 2.16 bits per heavy atom. The SMILES string of the molecule is COC(=O)c1ccc(C)c2c1-c1cn[nH]c(=O)c1C2. The summed E-state index contributed by atoms with van der Waals surface area (Å²) in [7, 11) is 1.35. The van der Waals surface area contributed by atoms with Crippen LogP contribution in [-0.4, -0.2) is 23.3 Å².